The summed E-state index contributed by atoms with van der Waals surface area (Å²) in [5.74, 6) is 1.27. The van der Waals surface area contributed by atoms with E-state index in [1.807, 2.05) is 19.1 Å². The van der Waals surface area contributed by atoms with Gasteiger partial charge in [0.05, 0.1) is 0 Å². The normalized spacial score (nSPS) is 10.5. The predicted octanol–water partition coefficient (Wildman–Crippen LogP) is 3.94. The molecule has 116 valence electrons. The quantitative estimate of drug-likeness (QED) is 0.763. The SMILES string of the molecule is CCc1nc(-c2ccc(C(=O)Nc3cccc(Cl)c3)cc2)n[nH]1. The van der Waals surface area contributed by atoms with Crippen molar-refractivity contribution in [2.24, 2.45) is 0 Å². The highest BCUT2D eigenvalue weighted by Crippen LogP contribution is 2.18. The van der Waals surface area contributed by atoms with Crippen LogP contribution in [0, 0.1) is 0 Å². The van der Waals surface area contributed by atoms with Crippen LogP contribution in [0.3, 0.4) is 0 Å². The van der Waals surface area contributed by atoms with Crippen LogP contribution in [0.25, 0.3) is 11.4 Å². The number of amides is 1. The van der Waals surface area contributed by atoms with Crippen LogP contribution in [-0.4, -0.2) is 21.1 Å². The lowest BCUT2D eigenvalue weighted by molar-refractivity contribution is 0.102. The van der Waals surface area contributed by atoms with E-state index in [1.54, 1.807) is 36.4 Å². The largest absolute Gasteiger partial charge is 0.322 e. The number of nitrogens with one attached hydrogen (secondary N) is 2. The van der Waals surface area contributed by atoms with Crippen molar-refractivity contribution >= 4 is 23.2 Å². The molecule has 0 spiro atoms. The first-order valence-electron chi connectivity index (χ1n) is 7.24. The summed E-state index contributed by atoms with van der Waals surface area (Å²) in [6.45, 7) is 2.01. The maximum Gasteiger partial charge on any atom is 0.255 e. The number of anilines is 1. The Morgan fingerprint density at radius 1 is 1.22 bits per heavy atom. The Balaban J connectivity index is 1.75. The molecule has 0 saturated heterocycles. The van der Waals surface area contributed by atoms with Crippen molar-refractivity contribution in [3.05, 3.63) is 64.9 Å². The molecule has 0 radical (unpaired) electrons. The Hall–Kier alpha value is -2.66. The van der Waals surface area contributed by atoms with Crippen LogP contribution in [0.4, 0.5) is 5.69 Å². The van der Waals surface area contributed by atoms with Crippen molar-refractivity contribution < 1.29 is 4.79 Å². The van der Waals surface area contributed by atoms with Gasteiger partial charge in [0.25, 0.3) is 5.91 Å². The minimum Gasteiger partial charge on any atom is -0.322 e. The number of carbonyl (C=O) groups is 1. The summed E-state index contributed by atoms with van der Waals surface area (Å²) < 4.78 is 0. The second-order valence-corrected chi connectivity index (χ2v) is 5.44. The minimum atomic E-state index is -0.192. The van der Waals surface area contributed by atoms with Gasteiger partial charge < -0.3 is 5.32 Å². The van der Waals surface area contributed by atoms with Crippen LogP contribution in [0.5, 0.6) is 0 Å². The summed E-state index contributed by atoms with van der Waals surface area (Å²) in [5.41, 5.74) is 2.08. The molecule has 2 N–H and O–H groups in total. The van der Waals surface area contributed by atoms with Gasteiger partial charge in [0.2, 0.25) is 0 Å². The molecule has 0 bridgehead atoms. The molecule has 2 aromatic carbocycles. The Labute approximate surface area is 138 Å². The maximum atomic E-state index is 12.2. The molecule has 0 fully saturated rings. The zero-order chi connectivity index (χ0) is 16.2. The van der Waals surface area contributed by atoms with Gasteiger partial charge in [0.1, 0.15) is 5.82 Å². The van der Waals surface area contributed by atoms with Gasteiger partial charge >= 0.3 is 0 Å². The second kappa shape index (κ2) is 6.62. The number of aromatic nitrogens is 3. The molecule has 0 unspecified atom stereocenters. The van der Waals surface area contributed by atoms with E-state index in [9.17, 15) is 4.79 Å². The standard InChI is InChI=1S/C17H15ClN4O/c1-2-15-20-16(22-21-15)11-6-8-12(9-7-11)17(23)19-14-5-3-4-13(18)10-14/h3-10H,2H2,1H3,(H,19,23)(H,20,21,22). The second-order valence-electron chi connectivity index (χ2n) is 5.00. The number of nitrogens with zero attached hydrogens (tertiary/aromatic N) is 2. The van der Waals surface area contributed by atoms with Crippen LogP contribution in [0.1, 0.15) is 23.1 Å². The number of halogens is 1. The van der Waals surface area contributed by atoms with Crippen molar-refractivity contribution in [1.82, 2.24) is 15.2 Å². The molecule has 0 aliphatic carbocycles. The smallest absolute Gasteiger partial charge is 0.255 e. The van der Waals surface area contributed by atoms with E-state index in [0.29, 0.717) is 22.1 Å². The Kier molecular flexibility index (Phi) is 4.39. The van der Waals surface area contributed by atoms with Crippen molar-refractivity contribution in [2.75, 3.05) is 5.32 Å². The third kappa shape index (κ3) is 3.57. The zero-order valence-electron chi connectivity index (χ0n) is 12.5. The molecule has 0 atom stereocenters. The maximum absolute atomic E-state index is 12.2. The van der Waals surface area contributed by atoms with E-state index in [-0.39, 0.29) is 5.91 Å². The summed E-state index contributed by atoms with van der Waals surface area (Å²) in [7, 11) is 0. The molecule has 1 heterocycles. The van der Waals surface area contributed by atoms with Gasteiger partial charge in [0.15, 0.2) is 5.82 Å². The van der Waals surface area contributed by atoms with Crippen LogP contribution >= 0.6 is 11.6 Å². The molecule has 0 aliphatic heterocycles. The monoisotopic (exact) mass is 326 g/mol. The van der Waals surface area contributed by atoms with E-state index in [2.05, 4.69) is 20.5 Å². The van der Waals surface area contributed by atoms with Crippen molar-refractivity contribution in [3.63, 3.8) is 0 Å². The number of H-pyrrole nitrogens is 1. The fraction of sp³-hybridized carbons (Fsp3) is 0.118. The van der Waals surface area contributed by atoms with Gasteiger partial charge in [-0.15, -0.1) is 0 Å². The number of aryl methyl sites for hydroxylation is 1. The number of rotatable bonds is 4. The summed E-state index contributed by atoms with van der Waals surface area (Å²) in [6.07, 6.45) is 0.799. The third-order valence-electron chi connectivity index (χ3n) is 3.35. The van der Waals surface area contributed by atoms with Crippen LogP contribution in [0.2, 0.25) is 5.02 Å². The fourth-order valence-electron chi connectivity index (χ4n) is 2.12. The van der Waals surface area contributed by atoms with E-state index in [0.717, 1.165) is 17.8 Å². The third-order valence-corrected chi connectivity index (χ3v) is 3.59. The fourth-order valence-corrected chi connectivity index (χ4v) is 2.31. The molecule has 23 heavy (non-hydrogen) atoms. The highest BCUT2D eigenvalue weighted by atomic mass is 35.5. The minimum absolute atomic E-state index is 0.192. The first-order chi connectivity index (χ1) is 11.2. The molecule has 1 aromatic heterocycles. The van der Waals surface area contributed by atoms with Gasteiger partial charge in [-0.1, -0.05) is 36.7 Å². The predicted molar refractivity (Wildman–Crippen MR) is 90.6 cm³/mol. The highest BCUT2D eigenvalue weighted by molar-refractivity contribution is 6.30. The number of hydrogen-bond donors (Lipinski definition) is 2. The van der Waals surface area contributed by atoms with Crippen LogP contribution in [-0.2, 0) is 6.42 Å². The van der Waals surface area contributed by atoms with Crippen molar-refractivity contribution in [1.29, 1.82) is 0 Å². The summed E-state index contributed by atoms with van der Waals surface area (Å²) >= 11 is 5.91. The first kappa shape index (κ1) is 15.2. The van der Waals surface area contributed by atoms with Crippen molar-refractivity contribution in [3.8, 4) is 11.4 Å². The zero-order valence-corrected chi connectivity index (χ0v) is 13.3. The van der Waals surface area contributed by atoms with Gasteiger partial charge in [-0.25, -0.2) is 4.98 Å². The van der Waals surface area contributed by atoms with Crippen LogP contribution in [0.15, 0.2) is 48.5 Å². The Bertz CT molecular complexity index is 827. The molecule has 0 saturated carbocycles. The average Bonchev–Trinajstić information content (AvgIpc) is 3.04. The van der Waals surface area contributed by atoms with E-state index in [1.165, 1.54) is 0 Å². The lowest BCUT2D eigenvalue weighted by Gasteiger charge is -2.06. The molecule has 1 amide bonds. The topological polar surface area (TPSA) is 70.7 Å². The van der Waals surface area contributed by atoms with E-state index >= 15 is 0 Å². The highest BCUT2D eigenvalue weighted by Gasteiger charge is 2.09. The Morgan fingerprint density at radius 3 is 2.65 bits per heavy atom. The molecule has 0 aliphatic rings. The first-order valence-corrected chi connectivity index (χ1v) is 7.62. The number of benzene rings is 2. The summed E-state index contributed by atoms with van der Waals surface area (Å²) in [4.78, 5) is 16.6. The van der Waals surface area contributed by atoms with Gasteiger partial charge in [-0.05, 0) is 30.3 Å². The molecule has 6 heteroatoms. The number of aromatic amines is 1. The van der Waals surface area contributed by atoms with Gasteiger partial charge in [0, 0.05) is 28.3 Å². The molecule has 5 nitrogen and oxygen atoms in total. The lowest BCUT2D eigenvalue weighted by atomic mass is 10.1. The summed E-state index contributed by atoms with van der Waals surface area (Å²) in [6, 6.07) is 14.2. The van der Waals surface area contributed by atoms with Crippen LogP contribution < -0.4 is 5.32 Å². The van der Waals surface area contributed by atoms with Gasteiger partial charge in [-0.3, -0.25) is 9.89 Å². The molecular formula is C17H15ClN4O. The van der Waals surface area contributed by atoms with Gasteiger partial charge in [-0.2, -0.15) is 5.10 Å². The summed E-state index contributed by atoms with van der Waals surface area (Å²) in [5, 5.41) is 10.4. The number of hydrogen-bond acceptors (Lipinski definition) is 3. The van der Waals surface area contributed by atoms with Crippen molar-refractivity contribution in [2.45, 2.75) is 13.3 Å². The molecule has 3 rings (SSSR count). The number of carbonyl (C=O) groups excluding carboxylic acids is 1. The Morgan fingerprint density at radius 2 is 2.00 bits per heavy atom. The molecule has 3 aromatic rings. The lowest BCUT2D eigenvalue weighted by Crippen LogP contribution is -2.11. The average molecular weight is 327 g/mol. The van der Waals surface area contributed by atoms with E-state index in [4.69, 9.17) is 11.6 Å². The molecular weight excluding hydrogens is 312 g/mol. The van der Waals surface area contributed by atoms with E-state index < -0.39 is 0 Å².